The van der Waals surface area contributed by atoms with E-state index in [2.05, 4.69) is 4.98 Å². The van der Waals surface area contributed by atoms with Crippen molar-refractivity contribution in [1.82, 2.24) is 4.98 Å². The van der Waals surface area contributed by atoms with E-state index in [1.807, 2.05) is 0 Å². The zero-order valence-corrected chi connectivity index (χ0v) is 6.77. The second-order valence-corrected chi connectivity index (χ2v) is 2.24. The van der Waals surface area contributed by atoms with Gasteiger partial charge in [-0.05, 0) is 13.0 Å². The first-order valence-corrected chi connectivity index (χ1v) is 3.31. The number of pyridine rings is 1. The number of hydrogen-bond donors (Lipinski definition) is 0. The van der Waals surface area contributed by atoms with Crippen LogP contribution in [-0.4, -0.2) is 17.0 Å². The molecule has 0 saturated heterocycles. The van der Waals surface area contributed by atoms with E-state index in [-0.39, 0.29) is 11.6 Å². The standard InChI is InChI=1S/C7H8N2O3/c1-5-3-4-6(9(10)11)7(8-5)12-2/h3-4H,1-2H3. The number of rotatable bonds is 2. The Morgan fingerprint density at radius 1 is 1.58 bits per heavy atom. The highest BCUT2D eigenvalue weighted by atomic mass is 16.6. The van der Waals surface area contributed by atoms with E-state index in [0.29, 0.717) is 5.69 Å². The van der Waals surface area contributed by atoms with Gasteiger partial charge in [-0.15, -0.1) is 0 Å². The van der Waals surface area contributed by atoms with E-state index in [9.17, 15) is 10.1 Å². The summed E-state index contributed by atoms with van der Waals surface area (Å²) in [5.74, 6) is 0.0556. The Bertz CT molecular complexity index is 312. The highest BCUT2D eigenvalue weighted by Gasteiger charge is 2.14. The Labute approximate surface area is 69.1 Å². The number of hydrogen-bond acceptors (Lipinski definition) is 4. The maximum absolute atomic E-state index is 10.4. The van der Waals surface area contributed by atoms with Crippen molar-refractivity contribution < 1.29 is 9.66 Å². The van der Waals surface area contributed by atoms with Crippen molar-refractivity contribution >= 4 is 5.69 Å². The average Bonchev–Trinajstić information content (AvgIpc) is 2.03. The van der Waals surface area contributed by atoms with Crippen LogP contribution in [-0.2, 0) is 0 Å². The van der Waals surface area contributed by atoms with Crippen LogP contribution in [0.2, 0.25) is 0 Å². The Morgan fingerprint density at radius 2 is 2.25 bits per heavy atom. The first-order chi connectivity index (χ1) is 5.65. The molecule has 0 spiro atoms. The van der Waals surface area contributed by atoms with Gasteiger partial charge in [0.25, 0.3) is 5.88 Å². The smallest absolute Gasteiger partial charge is 0.330 e. The minimum Gasteiger partial charge on any atom is -0.476 e. The minimum absolute atomic E-state index is 0.0556. The van der Waals surface area contributed by atoms with Gasteiger partial charge in [0.2, 0.25) is 0 Å². The van der Waals surface area contributed by atoms with Gasteiger partial charge in [-0.2, -0.15) is 0 Å². The molecule has 0 aliphatic heterocycles. The molecule has 5 nitrogen and oxygen atoms in total. The lowest BCUT2D eigenvalue weighted by Gasteiger charge is -1.99. The molecule has 5 heteroatoms. The van der Waals surface area contributed by atoms with Crippen LogP contribution in [0.25, 0.3) is 0 Å². The van der Waals surface area contributed by atoms with Gasteiger partial charge >= 0.3 is 5.69 Å². The molecule has 0 atom stereocenters. The zero-order chi connectivity index (χ0) is 9.14. The Balaban J connectivity index is 3.20. The fourth-order valence-electron chi connectivity index (χ4n) is 0.815. The average molecular weight is 168 g/mol. The second kappa shape index (κ2) is 3.17. The third-order valence-electron chi connectivity index (χ3n) is 1.37. The Kier molecular flexibility index (Phi) is 2.23. The number of methoxy groups -OCH3 is 1. The van der Waals surface area contributed by atoms with Gasteiger partial charge in [-0.3, -0.25) is 10.1 Å². The zero-order valence-electron chi connectivity index (χ0n) is 6.77. The predicted molar refractivity (Wildman–Crippen MR) is 42.2 cm³/mol. The summed E-state index contributed by atoms with van der Waals surface area (Å²) in [5.41, 5.74) is 0.584. The lowest BCUT2D eigenvalue weighted by Crippen LogP contribution is -1.96. The molecule has 0 aromatic carbocycles. The number of nitro groups is 1. The summed E-state index contributed by atoms with van der Waals surface area (Å²) in [6.45, 7) is 1.74. The molecule has 0 fully saturated rings. The summed E-state index contributed by atoms with van der Waals surface area (Å²) >= 11 is 0. The van der Waals surface area contributed by atoms with E-state index in [4.69, 9.17) is 4.74 Å². The summed E-state index contributed by atoms with van der Waals surface area (Å²) in [6.07, 6.45) is 0. The van der Waals surface area contributed by atoms with Crippen LogP contribution in [0.4, 0.5) is 5.69 Å². The normalized spacial score (nSPS) is 9.50. The number of ether oxygens (including phenoxy) is 1. The van der Waals surface area contributed by atoms with Gasteiger partial charge in [0.15, 0.2) is 0 Å². The van der Waals surface area contributed by atoms with E-state index in [0.717, 1.165) is 0 Å². The lowest BCUT2D eigenvalue weighted by molar-refractivity contribution is -0.386. The van der Waals surface area contributed by atoms with Crippen molar-refractivity contribution in [3.05, 3.63) is 27.9 Å². The molecule has 0 aliphatic rings. The van der Waals surface area contributed by atoms with E-state index in [1.165, 1.54) is 13.2 Å². The summed E-state index contributed by atoms with van der Waals surface area (Å²) in [5, 5.41) is 10.4. The first-order valence-electron chi connectivity index (χ1n) is 3.31. The first kappa shape index (κ1) is 8.45. The van der Waals surface area contributed by atoms with Gasteiger partial charge < -0.3 is 4.74 Å². The van der Waals surface area contributed by atoms with Crippen molar-refractivity contribution in [2.75, 3.05) is 7.11 Å². The van der Waals surface area contributed by atoms with Crippen molar-refractivity contribution in [2.24, 2.45) is 0 Å². The fourth-order valence-corrected chi connectivity index (χ4v) is 0.815. The molecular weight excluding hydrogens is 160 g/mol. The Morgan fingerprint density at radius 3 is 2.75 bits per heavy atom. The van der Waals surface area contributed by atoms with Gasteiger partial charge in [0.05, 0.1) is 12.0 Å². The summed E-state index contributed by atoms with van der Waals surface area (Å²) in [6, 6.07) is 2.95. The molecule has 12 heavy (non-hydrogen) atoms. The molecule has 0 bridgehead atoms. The number of aryl methyl sites for hydroxylation is 1. The van der Waals surface area contributed by atoms with E-state index in [1.54, 1.807) is 13.0 Å². The largest absolute Gasteiger partial charge is 0.476 e. The van der Waals surface area contributed by atoms with Gasteiger partial charge in [-0.25, -0.2) is 4.98 Å². The maximum Gasteiger partial charge on any atom is 0.330 e. The summed E-state index contributed by atoms with van der Waals surface area (Å²) in [7, 11) is 1.36. The SMILES string of the molecule is COc1nc(C)ccc1[N+](=O)[O-]. The van der Waals surface area contributed by atoms with Crippen molar-refractivity contribution in [3.63, 3.8) is 0 Å². The topological polar surface area (TPSA) is 65.3 Å². The monoisotopic (exact) mass is 168 g/mol. The van der Waals surface area contributed by atoms with Crippen LogP contribution in [0, 0.1) is 17.0 Å². The molecule has 1 aromatic heterocycles. The fraction of sp³-hybridized carbons (Fsp3) is 0.286. The van der Waals surface area contributed by atoms with Crippen molar-refractivity contribution in [1.29, 1.82) is 0 Å². The summed E-state index contributed by atoms with van der Waals surface area (Å²) < 4.78 is 4.73. The van der Waals surface area contributed by atoms with Crippen LogP contribution in [0.1, 0.15) is 5.69 Å². The van der Waals surface area contributed by atoms with Crippen LogP contribution >= 0.6 is 0 Å². The van der Waals surface area contributed by atoms with Crippen molar-refractivity contribution in [3.8, 4) is 5.88 Å². The maximum atomic E-state index is 10.4. The molecule has 1 aromatic rings. The van der Waals surface area contributed by atoms with Crippen LogP contribution in [0.5, 0.6) is 5.88 Å². The second-order valence-electron chi connectivity index (χ2n) is 2.24. The van der Waals surface area contributed by atoms with E-state index < -0.39 is 4.92 Å². The molecule has 0 amide bonds. The third-order valence-corrected chi connectivity index (χ3v) is 1.37. The predicted octanol–water partition coefficient (Wildman–Crippen LogP) is 1.31. The molecular formula is C7H8N2O3. The highest BCUT2D eigenvalue weighted by Crippen LogP contribution is 2.23. The molecule has 1 rings (SSSR count). The van der Waals surface area contributed by atoms with Crippen LogP contribution in [0.15, 0.2) is 12.1 Å². The molecule has 0 saturated carbocycles. The molecule has 0 N–H and O–H groups in total. The molecule has 0 aliphatic carbocycles. The molecule has 0 radical (unpaired) electrons. The van der Waals surface area contributed by atoms with E-state index >= 15 is 0 Å². The van der Waals surface area contributed by atoms with Crippen molar-refractivity contribution in [2.45, 2.75) is 6.92 Å². The van der Waals surface area contributed by atoms with Gasteiger partial charge in [0, 0.05) is 11.8 Å². The van der Waals surface area contributed by atoms with Crippen LogP contribution < -0.4 is 4.74 Å². The number of nitrogens with zero attached hydrogens (tertiary/aromatic N) is 2. The molecule has 64 valence electrons. The highest BCUT2D eigenvalue weighted by molar-refractivity contribution is 5.41. The van der Waals surface area contributed by atoms with Gasteiger partial charge in [-0.1, -0.05) is 0 Å². The third kappa shape index (κ3) is 1.50. The minimum atomic E-state index is -0.523. The molecule has 0 unspecified atom stereocenters. The quantitative estimate of drug-likeness (QED) is 0.493. The molecule has 1 heterocycles. The van der Waals surface area contributed by atoms with Gasteiger partial charge in [0.1, 0.15) is 0 Å². The lowest BCUT2D eigenvalue weighted by atomic mass is 10.3. The van der Waals surface area contributed by atoms with Crippen LogP contribution in [0.3, 0.4) is 0 Å². The summed E-state index contributed by atoms with van der Waals surface area (Å²) in [4.78, 5) is 13.7. The number of aromatic nitrogens is 1. The Hall–Kier alpha value is -1.65.